The van der Waals surface area contributed by atoms with Gasteiger partial charge in [0.2, 0.25) is 0 Å². The quantitative estimate of drug-likeness (QED) is 0.862. The molecular weight excluding hydrogens is 210 g/mol. The van der Waals surface area contributed by atoms with Crippen molar-refractivity contribution in [1.82, 2.24) is 4.90 Å². The lowest BCUT2D eigenvalue weighted by Crippen LogP contribution is -2.14. The van der Waals surface area contributed by atoms with E-state index >= 15 is 0 Å². The zero-order chi connectivity index (χ0) is 11.9. The zero-order valence-corrected chi connectivity index (χ0v) is 10.5. The molecule has 1 aromatic carbocycles. The molecule has 2 fully saturated rings. The first-order valence-corrected chi connectivity index (χ1v) is 6.64. The lowest BCUT2D eigenvalue weighted by atomic mass is 9.95. The third kappa shape index (κ3) is 2.53. The Bertz CT molecular complexity index is 411. The minimum atomic E-state index is -0.370. The van der Waals surface area contributed by atoms with Crippen molar-refractivity contribution in [3.05, 3.63) is 35.4 Å². The van der Waals surface area contributed by atoms with Gasteiger partial charge in [0.1, 0.15) is 0 Å². The molecule has 1 saturated heterocycles. The van der Waals surface area contributed by atoms with Crippen LogP contribution in [0.5, 0.6) is 0 Å². The molecule has 1 aliphatic heterocycles. The maximum atomic E-state index is 9.97. The van der Waals surface area contributed by atoms with Gasteiger partial charge in [-0.3, -0.25) is 0 Å². The summed E-state index contributed by atoms with van der Waals surface area (Å²) in [5.74, 6) is 0.689. The maximum absolute atomic E-state index is 9.97. The van der Waals surface area contributed by atoms with E-state index in [1.165, 1.54) is 30.6 Å². The molecule has 1 unspecified atom stereocenters. The van der Waals surface area contributed by atoms with Gasteiger partial charge in [-0.05, 0) is 49.9 Å². The molecule has 1 aliphatic carbocycles. The molecular formula is C15H21NO. The number of benzene rings is 1. The Labute approximate surface area is 103 Å². The Morgan fingerprint density at radius 1 is 1.41 bits per heavy atom. The lowest BCUT2D eigenvalue weighted by Gasteiger charge is -2.13. The smallest absolute Gasteiger partial charge is 0.0690 e. The molecule has 0 amide bonds. The Kier molecular flexibility index (Phi) is 2.72. The fourth-order valence-corrected chi connectivity index (χ4v) is 2.87. The number of likely N-dealkylation sites (tertiary alicyclic amines) is 1. The monoisotopic (exact) mass is 231 g/mol. The summed E-state index contributed by atoms with van der Waals surface area (Å²) in [6.07, 6.45) is 4.06. The summed E-state index contributed by atoms with van der Waals surface area (Å²) in [6, 6.07) is 8.84. The molecule has 1 saturated carbocycles. The van der Waals surface area contributed by atoms with Gasteiger partial charge in [0, 0.05) is 13.0 Å². The zero-order valence-electron chi connectivity index (χ0n) is 10.5. The van der Waals surface area contributed by atoms with Gasteiger partial charge in [-0.2, -0.15) is 0 Å². The number of nitrogens with zero attached hydrogens (tertiary/aromatic N) is 1. The highest BCUT2D eigenvalue weighted by molar-refractivity contribution is 5.29. The molecule has 1 aromatic rings. The summed E-state index contributed by atoms with van der Waals surface area (Å²) in [4.78, 5) is 2.39. The van der Waals surface area contributed by atoms with E-state index in [1.807, 2.05) is 0 Å². The second-order valence-electron chi connectivity index (χ2n) is 5.89. The molecule has 1 N–H and O–H groups in total. The van der Waals surface area contributed by atoms with Crippen molar-refractivity contribution in [3.8, 4) is 0 Å². The van der Waals surface area contributed by atoms with E-state index in [1.54, 1.807) is 0 Å². The van der Waals surface area contributed by atoms with Gasteiger partial charge in [0.05, 0.1) is 5.60 Å². The third-order valence-corrected chi connectivity index (χ3v) is 4.17. The minimum Gasteiger partial charge on any atom is -0.390 e. The van der Waals surface area contributed by atoms with Crippen molar-refractivity contribution in [1.29, 1.82) is 0 Å². The summed E-state index contributed by atoms with van der Waals surface area (Å²) in [7, 11) is 2.19. The fourth-order valence-electron chi connectivity index (χ4n) is 2.87. The van der Waals surface area contributed by atoms with Gasteiger partial charge in [-0.1, -0.05) is 24.3 Å². The highest BCUT2D eigenvalue weighted by Gasteiger charge is 2.40. The average Bonchev–Trinajstić information content (AvgIpc) is 2.87. The molecule has 2 aliphatic rings. The van der Waals surface area contributed by atoms with Gasteiger partial charge in [-0.25, -0.2) is 0 Å². The van der Waals surface area contributed by atoms with Crippen molar-refractivity contribution in [2.75, 3.05) is 20.1 Å². The van der Waals surface area contributed by atoms with E-state index in [0.717, 1.165) is 19.3 Å². The van der Waals surface area contributed by atoms with Gasteiger partial charge in [0.25, 0.3) is 0 Å². The molecule has 2 nitrogen and oxygen atoms in total. The molecule has 1 atom stereocenters. The predicted octanol–water partition coefficient (Wildman–Crippen LogP) is 2.17. The van der Waals surface area contributed by atoms with Crippen LogP contribution in [0, 0.1) is 0 Å². The van der Waals surface area contributed by atoms with Crippen LogP contribution >= 0.6 is 0 Å². The Morgan fingerprint density at radius 3 is 2.88 bits per heavy atom. The van der Waals surface area contributed by atoms with Gasteiger partial charge >= 0.3 is 0 Å². The predicted molar refractivity (Wildman–Crippen MR) is 69.2 cm³/mol. The van der Waals surface area contributed by atoms with E-state index in [2.05, 4.69) is 36.2 Å². The summed E-state index contributed by atoms with van der Waals surface area (Å²) in [6.45, 7) is 2.38. The number of aliphatic hydroxyl groups is 1. The molecule has 92 valence electrons. The molecule has 1 heterocycles. The van der Waals surface area contributed by atoms with Crippen LogP contribution in [0.2, 0.25) is 0 Å². The van der Waals surface area contributed by atoms with E-state index in [9.17, 15) is 5.11 Å². The maximum Gasteiger partial charge on any atom is 0.0690 e. The van der Waals surface area contributed by atoms with Gasteiger partial charge in [0.15, 0.2) is 0 Å². The van der Waals surface area contributed by atoms with Crippen LogP contribution < -0.4 is 0 Å². The molecule has 0 spiro atoms. The van der Waals surface area contributed by atoms with Gasteiger partial charge < -0.3 is 10.0 Å². The van der Waals surface area contributed by atoms with Crippen LogP contribution in [0.25, 0.3) is 0 Å². The highest BCUT2D eigenvalue weighted by atomic mass is 16.3. The van der Waals surface area contributed by atoms with Crippen molar-refractivity contribution >= 4 is 0 Å². The largest absolute Gasteiger partial charge is 0.390 e. The second-order valence-corrected chi connectivity index (χ2v) is 5.89. The van der Waals surface area contributed by atoms with Crippen molar-refractivity contribution in [2.45, 2.75) is 37.2 Å². The van der Waals surface area contributed by atoms with Crippen LogP contribution in [0.3, 0.4) is 0 Å². The topological polar surface area (TPSA) is 23.5 Å². The first-order valence-electron chi connectivity index (χ1n) is 6.64. The summed E-state index contributed by atoms with van der Waals surface area (Å²) < 4.78 is 0. The molecule has 3 rings (SSSR count). The van der Waals surface area contributed by atoms with Crippen LogP contribution in [-0.4, -0.2) is 35.7 Å². The van der Waals surface area contributed by atoms with E-state index in [-0.39, 0.29) is 5.60 Å². The molecule has 0 aromatic heterocycles. The summed E-state index contributed by atoms with van der Waals surface area (Å²) in [5.41, 5.74) is 2.39. The lowest BCUT2D eigenvalue weighted by molar-refractivity contribution is 0.151. The summed E-state index contributed by atoms with van der Waals surface area (Å²) >= 11 is 0. The van der Waals surface area contributed by atoms with Crippen molar-refractivity contribution in [2.24, 2.45) is 0 Å². The number of hydrogen-bond acceptors (Lipinski definition) is 2. The van der Waals surface area contributed by atoms with E-state index in [4.69, 9.17) is 0 Å². The van der Waals surface area contributed by atoms with Crippen LogP contribution in [0.15, 0.2) is 24.3 Å². The summed E-state index contributed by atoms with van der Waals surface area (Å²) in [5, 5.41) is 9.97. The van der Waals surface area contributed by atoms with Crippen molar-refractivity contribution < 1.29 is 5.11 Å². The second kappa shape index (κ2) is 4.11. The number of rotatable bonds is 3. The Hall–Kier alpha value is -0.860. The van der Waals surface area contributed by atoms with Crippen LogP contribution in [0.4, 0.5) is 0 Å². The average molecular weight is 231 g/mol. The number of hydrogen-bond donors (Lipinski definition) is 1. The first-order chi connectivity index (χ1) is 8.15. The fraction of sp³-hybridized carbons (Fsp3) is 0.600. The van der Waals surface area contributed by atoms with Crippen molar-refractivity contribution in [3.63, 3.8) is 0 Å². The van der Waals surface area contributed by atoms with E-state index in [0.29, 0.717) is 5.92 Å². The van der Waals surface area contributed by atoms with Crippen LogP contribution in [0.1, 0.15) is 36.3 Å². The van der Waals surface area contributed by atoms with Gasteiger partial charge in [-0.15, -0.1) is 0 Å². The molecule has 17 heavy (non-hydrogen) atoms. The molecule has 0 bridgehead atoms. The molecule has 2 heteroatoms. The Balaban J connectivity index is 1.74. The molecule has 0 radical (unpaired) electrons. The van der Waals surface area contributed by atoms with E-state index < -0.39 is 0 Å². The minimum absolute atomic E-state index is 0.370. The normalized spacial score (nSPS) is 27.3. The standard InChI is InChI=1S/C15H21NO/c1-16-8-5-14(11-16)13-4-2-3-12(9-13)10-15(17)6-7-15/h2-4,9,14,17H,5-8,10-11H2,1H3. The van der Waals surface area contributed by atoms with Crippen LogP contribution in [-0.2, 0) is 6.42 Å². The first kappa shape index (κ1) is 11.2. The Morgan fingerprint density at radius 2 is 2.24 bits per heavy atom. The highest BCUT2D eigenvalue weighted by Crippen LogP contribution is 2.38. The third-order valence-electron chi connectivity index (χ3n) is 4.17. The SMILES string of the molecule is CN1CCC(c2cccc(CC3(O)CC3)c2)C1. The number of likely N-dealkylation sites (N-methyl/N-ethyl adjacent to an activating group) is 1.